The molecule has 238 valence electrons. The first-order valence-corrected chi connectivity index (χ1v) is 17.6. The van der Waals surface area contributed by atoms with Crippen LogP contribution >= 0.6 is 0 Å². The molecule has 2 bridgehead atoms. The van der Waals surface area contributed by atoms with E-state index in [1.807, 2.05) is 0 Å². The number of unbranched alkanes of at least 4 members (excludes halogenated alkanes) is 4. The van der Waals surface area contributed by atoms with Gasteiger partial charge >= 0.3 is 0 Å². The zero-order valence-electron chi connectivity index (χ0n) is 27.1. The van der Waals surface area contributed by atoms with E-state index in [9.17, 15) is 9.90 Å². The van der Waals surface area contributed by atoms with Gasteiger partial charge in [0.2, 0.25) is 5.91 Å². The molecular formula is C38H52N2O4. The third-order valence-electron chi connectivity index (χ3n) is 11.8. The van der Waals surface area contributed by atoms with Gasteiger partial charge in [0.05, 0.1) is 13.2 Å². The quantitative estimate of drug-likeness (QED) is 0.250. The van der Waals surface area contributed by atoms with E-state index >= 15 is 0 Å². The highest BCUT2D eigenvalue weighted by molar-refractivity contribution is 5.77. The second-order valence-electron chi connectivity index (χ2n) is 14.7. The molecule has 2 aromatic carbocycles. The average Bonchev–Trinajstić information content (AvgIpc) is 3.77. The van der Waals surface area contributed by atoms with E-state index in [0.717, 1.165) is 68.7 Å². The fourth-order valence-corrected chi connectivity index (χ4v) is 9.71. The van der Waals surface area contributed by atoms with E-state index in [0.29, 0.717) is 29.9 Å². The molecule has 1 saturated heterocycles. The zero-order valence-corrected chi connectivity index (χ0v) is 27.1. The van der Waals surface area contributed by atoms with Gasteiger partial charge in [-0.25, -0.2) is 0 Å². The molecule has 6 heteroatoms. The number of ether oxygens (including phenoxy) is 2. The molecular weight excluding hydrogens is 548 g/mol. The topological polar surface area (TPSA) is 62.2 Å². The van der Waals surface area contributed by atoms with Gasteiger partial charge in [0.1, 0.15) is 11.9 Å². The molecule has 3 aliphatic carbocycles. The molecule has 5 aliphatic rings. The van der Waals surface area contributed by atoms with Gasteiger partial charge in [0.15, 0.2) is 11.5 Å². The van der Waals surface area contributed by atoms with Gasteiger partial charge in [-0.05, 0) is 95.6 Å². The normalized spacial score (nSPS) is 28.5. The number of nitrogens with zero attached hydrogens (tertiary/aromatic N) is 2. The maximum atomic E-state index is 14.0. The standard InChI is InChI=1S/C38H52N2O4/c1-25(2)40(34(42)15-11-6-4-5-8-12-26-13-9-7-10-14-26)30-19-18-29-31-22-28-32(41)23-33(43-3)36-35(28)38(29,37(30)44-36)20-21-39(31)24-27-16-17-27/h7,9-10,13-14,23,25,27,29-31,37,41H,4-6,8,11-12,15-22,24H2,1-3H3/t29-,30-,31+,37-,38-/m0/s1. The molecule has 6 nitrogen and oxygen atoms in total. The predicted molar refractivity (Wildman–Crippen MR) is 174 cm³/mol. The molecule has 0 aromatic heterocycles. The first kappa shape index (κ1) is 30.0. The number of carbonyl (C=O) groups excluding carboxylic acids is 1. The number of benzene rings is 2. The Morgan fingerprint density at radius 2 is 1.86 bits per heavy atom. The van der Waals surface area contributed by atoms with Gasteiger partial charge < -0.3 is 19.5 Å². The fraction of sp³-hybridized carbons (Fsp3) is 0.658. The smallest absolute Gasteiger partial charge is 0.223 e. The van der Waals surface area contributed by atoms with Gasteiger partial charge in [-0.2, -0.15) is 0 Å². The first-order valence-electron chi connectivity index (χ1n) is 17.6. The van der Waals surface area contributed by atoms with E-state index in [2.05, 4.69) is 54.0 Å². The Labute approximate surface area is 264 Å². The number of rotatable bonds is 13. The molecule has 44 heavy (non-hydrogen) atoms. The Balaban J connectivity index is 1.07. The summed E-state index contributed by atoms with van der Waals surface area (Å²) in [5, 5.41) is 11.3. The Bertz CT molecular complexity index is 1340. The van der Waals surface area contributed by atoms with Crippen molar-refractivity contribution < 1.29 is 19.4 Å². The number of aromatic hydroxyl groups is 1. The number of aryl methyl sites for hydroxylation is 1. The van der Waals surface area contributed by atoms with Gasteiger partial charge in [0, 0.05) is 47.7 Å². The zero-order chi connectivity index (χ0) is 30.4. The second kappa shape index (κ2) is 12.2. The van der Waals surface area contributed by atoms with Crippen LogP contribution in [0, 0.1) is 11.8 Å². The molecule has 7 rings (SSSR count). The molecule has 1 spiro atoms. The van der Waals surface area contributed by atoms with Crippen molar-refractivity contribution in [2.45, 2.75) is 127 Å². The predicted octanol–water partition coefficient (Wildman–Crippen LogP) is 7.04. The first-order chi connectivity index (χ1) is 21.4. The van der Waals surface area contributed by atoms with Crippen LogP contribution < -0.4 is 9.47 Å². The van der Waals surface area contributed by atoms with Gasteiger partial charge in [-0.3, -0.25) is 9.69 Å². The molecule has 2 heterocycles. The lowest BCUT2D eigenvalue weighted by Crippen LogP contribution is -2.69. The highest BCUT2D eigenvalue weighted by atomic mass is 16.5. The van der Waals surface area contributed by atoms with Crippen molar-refractivity contribution in [1.29, 1.82) is 0 Å². The molecule has 2 aromatic rings. The number of likely N-dealkylation sites (tertiary alicyclic amines) is 1. The van der Waals surface area contributed by atoms with Crippen LogP contribution in [0.4, 0.5) is 0 Å². The lowest BCUT2D eigenvalue weighted by Gasteiger charge is -2.61. The molecule has 2 saturated carbocycles. The van der Waals surface area contributed by atoms with E-state index < -0.39 is 0 Å². The third-order valence-corrected chi connectivity index (χ3v) is 11.8. The van der Waals surface area contributed by atoms with Crippen molar-refractivity contribution >= 4 is 5.91 Å². The number of phenolic OH excluding ortho intramolecular Hbond substituents is 1. The number of hydrogen-bond donors (Lipinski definition) is 1. The van der Waals surface area contributed by atoms with E-state index in [1.54, 1.807) is 13.2 Å². The number of piperidine rings is 1. The molecule has 1 amide bonds. The SMILES string of the molecule is COc1cc(O)c2c3c1O[C@H]1[C@@H](N(C(=O)CCCCCCCc4ccccc4)C(C)C)CC[C@H]4[C@@H](C2)N(CC2CC2)CC[C@@]341. The van der Waals surface area contributed by atoms with Crippen LogP contribution in [-0.2, 0) is 23.1 Å². The van der Waals surface area contributed by atoms with Gasteiger partial charge in [-0.15, -0.1) is 0 Å². The molecule has 3 fully saturated rings. The van der Waals surface area contributed by atoms with Gasteiger partial charge in [0.25, 0.3) is 0 Å². The minimum atomic E-state index is -0.172. The summed E-state index contributed by atoms with van der Waals surface area (Å²) >= 11 is 0. The summed E-state index contributed by atoms with van der Waals surface area (Å²) in [6.45, 7) is 6.61. The van der Waals surface area contributed by atoms with E-state index in [4.69, 9.17) is 9.47 Å². The summed E-state index contributed by atoms with van der Waals surface area (Å²) in [4.78, 5) is 19.0. The Morgan fingerprint density at radius 1 is 1.09 bits per heavy atom. The lowest BCUT2D eigenvalue weighted by atomic mass is 9.50. The minimum Gasteiger partial charge on any atom is -0.508 e. The number of methoxy groups -OCH3 is 1. The molecule has 2 aliphatic heterocycles. The number of carbonyl (C=O) groups is 1. The lowest BCUT2D eigenvalue weighted by molar-refractivity contribution is -0.146. The maximum Gasteiger partial charge on any atom is 0.223 e. The average molecular weight is 601 g/mol. The van der Waals surface area contributed by atoms with Crippen LogP contribution in [0.2, 0.25) is 0 Å². The largest absolute Gasteiger partial charge is 0.508 e. The van der Waals surface area contributed by atoms with Crippen LogP contribution in [0.25, 0.3) is 0 Å². The van der Waals surface area contributed by atoms with Crippen LogP contribution in [0.3, 0.4) is 0 Å². The highest BCUT2D eigenvalue weighted by Gasteiger charge is 2.67. The van der Waals surface area contributed by atoms with Crippen molar-refractivity contribution in [2.75, 3.05) is 20.2 Å². The van der Waals surface area contributed by atoms with Crippen molar-refractivity contribution in [2.24, 2.45) is 11.8 Å². The summed E-state index contributed by atoms with van der Waals surface area (Å²) in [6, 6.07) is 13.1. The van der Waals surface area contributed by atoms with Crippen LogP contribution in [0.1, 0.15) is 101 Å². The summed E-state index contributed by atoms with van der Waals surface area (Å²) in [5.41, 5.74) is 3.52. The number of amides is 1. The number of phenols is 1. The fourth-order valence-electron chi connectivity index (χ4n) is 9.71. The maximum absolute atomic E-state index is 14.0. The highest BCUT2D eigenvalue weighted by Crippen LogP contribution is 2.66. The molecule has 5 atom stereocenters. The van der Waals surface area contributed by atoms with Crippen molar-refractivity contribution in [3.8, 4) is 17.2 Å². The van der Waals surface area contributed by atoms with Gasteiger partial charge in [-0.1, -0.05) is 49.6 Å². The van der Waals surface area contributed by atoms with E-state index in [1.165, 1.54) is 49.8 Å². The minimum absolute atomic E-state index is 0.0328. The van der Waals surface area contributed by atoms with Crippen LogP contribution in [0.5, 0.6) is 17.2 Å². The summed E-state index contributed by atoms with van der Waals surface area (Å²) < 4.78 is 12.8. The summed E-state index contributed by atoms with van der Waals surface area (Å²) in [5.74, 6) is 3.42. The second-order valence-corrected chi connectivity index (χ2v) is 14.7. The van der Waals surface area contributed by atoms with Crippen LogP contribution in [0.15, 0.2) is 36.4 Å². The molecule has 0 radical (unpaired) electrons. The Kier molecular flexibility index (Phi) is 8.32. The van der Waals surface area contributed by atoms with E-state index in [-0.39, 0.29) is 29.5 Å². The number of hydrogen-bond acceptors (Lipinski definition) is 5. The Morgan fingerprint density at radius 3 is 2.61 bits per heavy atom. The monoisotopic (exact) mass is 600 g/mol. The van der Waals surface area contributed by atoms with Crippen molar-refractivity contribution in [3.63, 3.8) is 0 Å². The Hall–Kier alpha value is -2.73. The molecule has 0 unspecified atom stereocenters. The molecule has 1 N–H and O–H groups in total. The summed E-state index contributed by atoms with van der Waals surface area (Å²) in [7, 11) is 1.67. The van der Waals surface area contributed by atoms with Crippen molar-refractivity contribution in [1.82, 2.24) is 9.80 Å². The summed E-state index contributed by atoms with van der Waals surface area (Å²) in [6.07, 6.45) is 14.0. The third kappa shape index (κ3) is 5.19. The van der Waals surface area contributed by atoms with Crippen molar-refractivity contribution in [3.05, 3.63) is 53.1 Å². The van der Waals surface area contributed by atoms with Crippen LogP contribution in [-0.4, -0.2) is 65.2 Å².